The molecular formula is C26H31N7O3. The van der Waals surface area contributed by atoms with Crippen LogP contribution in [0.25, 0.3) is 0 Å². The number of likely N-dealkylation sites (N-methyl/N-ethyl adjacent to an activating group) is 1. The van der Waals surface area contributed by atoms with Gasteiger partial charge in [-0.05, 0) is 48.6 Å². The summed E-state index contributed by atoms with van der Waals surface area (Å²) in [4.78, 5) is 46.7. The van der Waals surface area contributed by atoms with Crippen LogP contribution in [0.5, 0.6) is 0 Å². The summed E-state index contributed by atoms with van der Waals surface area (Å²) in [5, 5.41) is 7.25. The summed E-state index contributed by atoms with van der Waals surface area (Å²) in [5.41, 5.74) is 8.58. The summed E-state index contributed by atoms with van der Waals surface area (Å²) in [5.74, 6) is -0.753. The molecule has 0 saturated carbocycles. The maximum Gasteiger partial charge on any atom is 0.325 e. The highest BCUT2D eigenvalue weighted by atomic mass is 16.2. The number of nitrogens with one attached hydrogen (secondary N) is 1. The molecule has 10 heteroatoms. The molecule has 4 amide bonds. The van der Waals surface area contributed by atoms with Gasteiger partial charge in [-0.25, -0.2) is 9.78 Å². The number of nitrogens with two attached hydrogens (primary N) is 1. The molecule has 4 rings (SSSR count). The number of nitrogen functional groups attached to an aromatic ring is 1. The first-order valence-electron chi connectivity index (χ1n) is 11.9. The quantitative estimate of drug-likeness (QED) is 0.491. The number of hydrogen-bond donors (Lipinski definition) is 2. The summed E-state index contributed by atoms with van der Waals surface area (Å²) >= 11 is 0. The second-order valence-corrected chi connectivity index (χ2v) is 9.06. The lowest BCUT2D eigenvalue weighted by Crippen LogP contribution is -2.70. The van der Waals surface area contributed by atoms with Gasteiger partial charge >= 0.3 is 6.03 Å². The maximum absolute atomic E-state index is 13.6. The van der Waals surface area contributed by atoms with Crippen molar-refractivity contribution in [1.82, 2.24) is 25.0 Å². The fourth-order valence-electron chi connectivity index (χ4n) is 4.62. The lowest BCUT2D eigenvalue weighted by atomic mass is 9.81. The molecule has 1 fully saturated rings. The molecule has 1 aromatic carbocycles. The highest BCUT2D eigenvalue weighted by Crippen LogP contribution is 2.33. The number of imide groups is 1. The van der Waals surface area contributed by atoms with Crippen molar-refractivity contribution >= 4 is 29.5 Å². The Labute approximate surface area is 210 Å². The summed E-state index contributed by atoms with van der Waals surface area (Å²) in [6.45, 7) is 3.94. The molecule has 1 saturated heterocycles. The van der Waals surface area contributed by atoms with Gasteiger partial charge < -0.3 is 11.1 Å². The Hall–Kier alpha value is -4.21. The zero-order chi connectivity index (χ0) is 26.0. The van der Waals surface area contributed by atoms with Crippen LogP contribution in [-0.4, -0.2) is 50.6 Å². The molecule has 1 aliphatic heterocycles. The van der Waals surface area contributed by atoms with Crippen LogP contribution in [0.4, 0.5) is 16.4 Å². The molecule has 188 valence electrons. The highest BCUT2D eigenvalue weighted by molar-refractivity contribution is 6.12. The predicted octanol–water partition coefficient (Wildman–Crippen LogP) is 2.60. The standard InChI is InChI=1S/C26H31N7O3/c1-5-20(18-9-7-6-8-16(18)2)29-26(36)33-23(25(35)32(4)22-11-13-31(3)30-22)19(24(33)34)14-17-10-12-28-21(27)15-17/h6-13,15,19-20,23H,5,14H2,1-4H3,(H2,27,28)(H,29,36)/t19-,20?,23+/m1/s1. The minimum atomic E-state index is -0.978. The zero-order valence-corrected chi connectivity index (χ0v) is 20.9. The lowest BCUT2D eigenvalue weighted by Gasteiger charge is -2.45. The molecule has 0 spiro atoms. The number of β-lactam (4-membered cyclic amide) rings is 1. The largest absolute Gasteiger partial charge is 0.384 e. The van der Waals surface area contributed by atoms with Crippen molar-refractivity contribution in [3.63, 3.8) is 0 Å². The van der Waals surface area contributed by atoms with Crippen LogP contribution in [0.2, 0.25) is 0 Å². The van der Waals surface area contributed by atoms with Crippen LogP contribution in [0, 0.1) is 12.8 Å². The first kappa shape index (κ1) is 24.9. The minimum absolute atomic E-state index is 0.261. The number of urea groups is 1. The van der Waals surface area contributed by atoms with Crippen molar-refractivity contribution in [3.05, 3.63) is 71.5 Å². The molecule has 3 atom stereocenters. The Balaban J connectivity index is 1.61. The zero-order valence-electron chi connectivity index (χ0n) is 20.9. The third-order valence-corrected chi connectivity index (χ3v) is 6.63. The van der Waals surface area contributed by atoms with Gasteiger partial charge in [0, 0.05) is 32.6 Å². The van der Waals surface area contributed by atoms with Gasteiger partial charge in [-0.3, -0.25) is 24.1 Å². The van der Waals surface area contributed by atoms with E-state index < -0.39 is 23.9 Å². The molecule has 3 aromatic rings. The van der Waals surface area contributed by atoms with E-state index in [1.807, 2.05) is 38.1 Å². The number of nitrogens with zero attached hydrogens (tertiary/aromatic N) is 5. The Morgan fingerprint density at radius 3 is 2.61 bits per heavy atom. The van der Waals surface area contributed by atoms with E-state index >= 15 is 0 Å². The molecular weight excluding hydrogens is 458 g/mol. The third-order valence-electron chi connectivity index (χ3n) is 6.63. The van der Waals surface area contributed by atoms with E-state index in [-0.39, 0.29) is 18.4 Å². The Kier molecular flexibility index (Phi) is 7.05. The summed E-state index contributed by atoms with van der Waals surface area (Å²) in [6.07, 6.45) is 4.17. The fourth-order valence-corrected chi connectivity index (χ4v) is 4.62. The summed E-state index contributed by atoms with van der Waals surface area (Å²) in [7, 11) is 3.34. The molecule has 3 N–H and O–H groups in total. The molecule has 10 nitrogen and oxygen atoms in total. The molecule has 0 radical (unpaired) electrons. The van der Waals surface area contributed by atoms with Gasteiger partial charge in [0.25, 0.3) is 5.91 Å². The van der Waals surface area contributed by atoms with E-state index in [0.29, 0.717) is 18.1 Å². The van der Waals surface area contributed by atoms with Crippen molar-refractivity contribution in [2.24, 2.45) is 13.0 Å². The fraction of sp³-hybridized carbons (Fsp3) is 0.346. The molecule has 3 heterocycles. The van der Waals surface area contributed by atoms with Crippen molar-refractivity contribution in [3.8, 4) is 0 Å². The van der Waals surface area contributed by atoms with Gasteiger partial charge in [0.1, 0.15) is 11.9 Å². The van der Waals surface area contributed by atoms with Crippen LogP contribution in [0.3, 0.4) is 0 Å². The number of aromatic nitrogens is 3. The van der Waals surface area contributed by atoms with Crippen LogP contribution >= 0.6 is 0 Å². The number of amides is 4. The first-order chi connectivity index (χ1) is 17.2. The van der Waals surface area contributed by atoms with Gasteiger partial charge in [0.05, 0.1) is 12.0 Å². The van der Waals surface area contributed by atoms with E-state index in [9.17, 15) is 14.4 Å². The van der Waals surface area contributed by atoms with Crippen LogP contribution in [0.1, 0.15) is 36.1 Å². The predicted molar refractivity (Wildman–Crippen MR) is 136 cm³/mol. The van der Waals surface area contributed by atoms with Crippen molar-refractivity contribution in [1.29, 1.82) is 0 Å². The molecule has 1 aliphatic rings. The number of rotatable bonds is 7. The Morgan fingerprint density at radius 1 is 1.22 bits per heavy atom. The Bertz CT molecular complexity index is 1290. The van der Waals surface area contributed by atoms with Crippen LogP contribution in [-0.2, 0) is 23.1 Å². The average molecular weight is 490 g/mol. The van der Waals surface area contributed by atoms with Gasteiger partial charge in [0.15, 0.2) is 5.82 Å². The Morgan fingerprint density at radius 2 is 1.97 bits per heavy atom. The number of likely N-dealkylation sites (tertiary alicyclic amines) is 1. The summed E-state index contributed by atoms with van der Waals surface area (Å²) < 4.78 is 1.58. The average Bonchev–Trinajstić information content (AvgIpc) is 3.30. The first-order valence-corrected chi connectivity index (χ1v) is 11.9. The number of aryl methyl sites for hydroxylation is 2. The molecule has 2 aromatic heterocycles. The number of hydrogen-bond acceptors (Lipinski definition) is 6. The third kappa shape index (κ3) is 4.79. The van der Waals surface area contributed by atoms with Crippen molar-refractivity contribution in [2.75, 3.05) is 17.7 Å². The molecule has 0 bridgehead atoms. The monoisotopic (exact) mass is 489 g/mol. The van der Waals surface area contributed by atoms with E-state index in [0.717, 1.165) is 21.6 Å². The second-order valence-electron chi connectivity index (χ2n) is 9.06. The number of pyridine rings is 1. The number of benzene rings is 1. The lowest BCUT2D eigenvalue weighted by molar-refractivity contribution is -0.156. The number of carbonyl (C=O) groups excluding carboxylic acids is 3. The smallest absolute Gasteiger partial charge is 0.325 e. The molecule has 36 heavy (non-hydrogen) atoms. The van der Waals surface area contributed by atoms with Gasteiger partial charge in [-0.15, -0.1) is 0 Å². The topological polar surface area (TPSA) is 126 Å². The summed E-state index contributed by atoms with van der Waals surface area (Å²) in [6, 6.07) is 11.0. The van der Waals surface area contributed by atoms with E-state index in [1.165, 1.54) is 4.90 Å². The highest BCUT2D eigenvalue weighted by Gasteiger charge is 2.55. The normalized spacial score (nSPS) is 17.9. The van der Waals surface area contributed by atoms with Crippen LogP contribution in [0.15, 0.2) is 54.9 Å². The second kappa shape index (κ2) is 10.2. The molecule has 1 unspecified atom stereocenters. The van der Waals surface area contributed by atoms with E-state index in [1.54, 1.807) is 49.4 Å². The van der Waals surface area contributed by atoms with E-state index in [4.69, 9.17) is 5.73 Å². The minimum Gasteiger partial charge on any atom is -0.384 e. The number of anilines is 2. The van der Waals surface area contributed by atoms with Crippen LogP contribution < -0.4 is 16.0 Å². The SMILES string of the molecule is CCC(NC(=O)N1C(=O)[C@H](Cc2ccnc(N)c2)[C@H]1C(=O)N(C)c1ccn(C)n1)c1ccccc1C. The van der Waals surface area contributed by atoms with E-state index in [2.05, 4.69) is 15.4 Å². The molecule has 0 aliphatic carbocycles. The van der Waals surface area contributed by atoms with Crippen molar-refractivity contribution in [2.45, 2.75) is 38.8 Å². The maximum atomic E-state index is 13.6. The van der Waals surface area contributed by atoms with Gasteiger partial charge in [0.2, 0.25) is 5.91 Å². The number of carbonyl (C=O) groups is 3. The van der Waals surface area contributed by atoms with Gasteiger partial charge in [-0.1, -0.05) is 31.2 Å². The van der Waals surface area contributed by atoms with Gasteiger partial charge in [-0.2, -0.15) is 5.10 Å². The van der Waals surface area contributed by atoms with Crippen molar-refractivity contribution < 1.29 is 14.4 Å².